The average Bonchev–Trinajstić information content (AvgIpc) is 2.48. The maximum absolute atomic E-state index is 5.72. The number of benzene rings is 2. The summed E-state index contributed by atoms with van der Waals surface area (Å²) in [5.74, 6) is 0. The fraction of sp³-hybridized carbons (Fsp3) is 0.235. The van der Waals surface area contributed by atoms with Gasteiger partial charge >= 0.3 is 0 Å². The van der Waals surface area contributed by atoms with Crippen LogP contribution in [-0.2, 0) is 0 Å². The summed E-state index contributed by atoms with van der Waals surface area (Å²) in [6, 6.07) is 16.5. The SMILES string of the molecule is CCCCN(c1ccccc1)c1ccc(C(N)=S)c(Br)c1. The van der Waals surface area contributed by atoms with Gasteiger partial charge in [0.25, 0.3) is 0 Å². The van der Waals surface area contributed by atoms with E-state index in [1.54, 1.807) is 0 Å². The Kier molecular flexibility index (Phi) is 5.76. The first-order valence-corrected chi connectivity index (χ1v) is 8.25. The third-order valence-electron chi connectivity index (χ3n) is 3.33. The lowest BCUT2D eigenvalue weighted by atomic mass is 10.1. The molecule has 0 radical (unpaired) electrons. The Morgan fingerprint density at radius 2 is 1.86 bits per heavy atom. The van der Waals surface area contributed by atoms with E-state index in [0.29, 0.717) is 4.99 Å². The van der Waals surface area contributed by atoms with Crippen LogP contribution in [0.4, 0.5) is 11.4 Å². The molecule has 2 aromatic carbocycles. The van der Waals surface area contributed by atoms with Gasteiger partial charge in [-0.2, -0.15) is 0 Å². The van der Waals surface area contributed by atoms with Crippen molar-refractivity contribution in [1.29, 1.82) is 0 Å². The molecule has 0 bridgehead atoms. The minimum Gasteiger partial charge on any atom is -0.389 e. The Morgan fingerprint density at radius 3 is 2.43 bits per heavy atom. The third-order valence-corrected chi connectivity index (χ3v) is 4.21. The van der Waals surface area contributed by atoms with E-state index >= 15 is 0 Å². The molecule has 2 aromatic rings. The Bertz CT molecular complexity index is 613. The number of nitrogens with zero attached hydrogens (tertiary/aromatic N) is 1. The Labute approximate surface area is 140 Å². The van der Waals surface area contributed by atoms with Gasteiger partial charge < -0.3 is 10.6 Å². The van der Waals surface area contributed by atoms with Crippen LogP contribution in [0.15, 0.2) is 53.0 Å². The number of halogens is 1. The molecule has 2 rings (SSSR count). The van der Waals surface area contributed by atoms with Crippen molar-refractivity contribution in [2.75, 3.05) is 11.4 Å². The molecule has 21 heavy (non-hydrogen) atoms. The maximum atomic E-state index is 5.72. The first-order valence-electron chi connectivity index (χ1n) is 7.05. The molecule has 0 fully saturated rings. The number of anilines is 2. The molecule has 0 amide bonds. The second kappa shape index (κ2) is 7.57. The van der Waals surface area contributed by atoms with Gasteiger partial charge in [-0.25, -0.2) is 0 Å². The van der Waals surface area contributed by atoms with Crippen LogP contribution < -0.4 is 10.6 Å². The first-order chi connectivity index (χ1) is 10.1. The number of hydrogen-bond acceptors (Lipinski definition) is 2. The molecule has 2 nitrogen and oxygen atoms in total. The van der Waals surface area contributed by atoms with Gasteiger partial charge in [-0.3, -0.25) is 0 Å². The number of hydrogen-bond donors (Lipinski definition) is 1. The van der Waals surface area contributed by atoms with E-state index in [1.807, 2.05) is 12.1 Å². The van der Waals surface area contributed by atoms with Crippen LogP contribution in [0.1, 0.15) is 25.3 Å². The molecule has 0 atom stereocenters. The van der Waals surface area contributed by atoms with Crippen molar-refractivity contribution >= 4 is 44.5 Å². The normalized spacial score (nSPS) is 10.4. The van der Waals surface area contributed by atoms with Gasteiger partial charge in [0.1, 0.15) is 4.99 Å². The molecule has 0 aliphatic rings. The van der Waals surface area contributed by atoms with E-state index in [2.05, 4.69) is 64.2 Å². The highest BCUT2D eigenvalue weighted by molar-refractivity contribution is 9.10. The second-order valence-electron chi connectivity index (χ2n) is 4.87. The van der Waals surface area contributed by atoms with Crippen LogP contribution in [0.25, 0.3) is 0 Å². The molecule has 0 aliphatic carbocycles. The van der Waals surface area contributed by atoms with Gasteiger partial charge in [0.15, 0.2) is 0 Å². The van der Waals surface area contributed by atoms with Crippen molar-refractivity contribution in [3.8, 4) is 0 Å². The number of para-hydroxylation sites is 1. The molecule has 0 saturated carbocycles. The highest BCUT2D eigenvalue weighted by atomic mass is 79.9. The predicted octanol–water partition coefficient (Wildman–Crippen LogP) is 5.02. The monoisotopic (exact) mass is 362 g/mol. The molecule has 0 heterocycles. The zero-order chi connectivity index (χ0) is 15.2. The molecular weight excluding hydrogens is 344 g/mol. The lowest BCUT2D eigenvalue weighted by Crippen LogP contribution is -2.19. The van der Waals surface area contributed by atoms with Gasteiger partial charge in [-0.15, -0.1) is 0 Å². The van der Waals surface area contributed by atoms with Crippen LogP contribution in [0.5, 0.6) is 0 Å². The smallest absolute Gasteiger partial charge is 0.105 e. The number of thiocarbonyl (C=S) groups is 1. The van der Waals surface area contributed by atoms with Crippen molar-refractivity contribution < 1.29 is 0 Å². The summed E-state index contributed by atoms with van der Waals surface area (Å²) in [6.45, 7) is 3.19. The topological polar surface area (TPSA) is 29.3 Å². The van der Waals surface area contributed by atoms with E-state index in [-0.39, 0.29) is 0 Å². The summed E-state index contributed by atoms with van der Waals surface area (Å²) in [5, 5.41) is 0. The van der Waals surface area contributed by atoms with Crippen molar-refractivity contribution in [2.24, 2.45) is 5.73 Å². The lowest BCUT2D eigenvalue weighted by Gasteiger charge is -2.25. The third kappa shape index (κ3) is 4.05. The maximum Gasteiger partial charge on any atom is 0.105 e. The van der Waals surface area contributed by atoms with E-state index in [1.165, 1.54) is 5.69 Å². The highest BCUT2D eigenvalue weighted by Crippen LogP contribution is 2.30. The molecule has 0 aliphatic heterocycles. The lowest BCUT2D eigenvalue weighted by molar-refractivity contribution is 0.785. The quantitative estimate of drug-likeness (QED) is 0.731. The van der Waals surface area contributed by atoms with E-state index in [4.69, 9.17) is 18.0 Å². The first kappa shape index (κ1) is 16.0. The summed E-state index contributed by atoms with van der Waals surface area (Å²) in [7, 11) is 0. The minimum atomic E-state index is 0.410. The Balaban J connectivity index is 2.37. The molecule has 0 aromatic heterocycles. The van der Waals surface area contributed by atoms with Crippen molar-refractivity contribution in [3.63, 3.8) is 0 Å². The summed E-state index contributed by atoms with van der Waals surface area (Å²) < 4.78 is 0.935. The van der Waals surface area contributed by atoms with Gasteiger partial charge in [0.2, 0.25) is 0 Å². The fourth-order valence-corrected chi connectivity index (χ4v) is 3.09. The Morgan fingerprint density at radius 1 is 1.14 bits per heavy atom. The number of unbranched alkanes of at least 4 members (excludes halogenated alkanes) is 1. The second-order valence-corrected chi connectivity index (χ2v) is 6.16. The van der Waals surface area contributed by atoms with Crippen molar-refractivity contribution in [1.82, 2.24) is 0 Å². The summed E-state index contributed by atoms with van der Waals surface area (Å²) in [4.78, 5) is 2.73. The summed E-state index contributed by atoms with van der Waals surface area (Å²) in [5.41, 5.74) is 8.93. The van der Waals surface area contributed by atoms with Crippen LogP contribution in [0.2, 0.25) is 0 Å². The highest BCUT2D eigenvalue weighted by Gasteiger charge is 2.11. The molecule has 4 heteroatoms. The van der Waals surface area contributed by atoms with Crippen LogP contribution in [0, 0.1) is 0 Å². The number of nitrogens with two attached hydrogens (primary N) is 1. The van der Waals surface area contributed by atoms with Gasteiger partial charge in [0.05, 0.1) is 0 Å². The van der Waals surface area contributed by atoms with E-state index in [9.17, 15) is 0 Å². The minimum absolute atomic E-state index is 0.410. The standard InChI is InChI=1S/C17H19BrN2S/c1-2-3-11-20(13-7-5-4-6-8-13)14-9-10-15(17(19)21)16(18)12-14/h4-10,12H,2-3,11H2,1H3,(H2,19,21). The zero-order valence-corrected chi connectivity index (χ0v) is 14.5. The van der Waals surface area contributed by atoms with Gasteiger partial charge in [0, 0.05) is 28.0 Å². The predicted molar refractivity (Wildman–Crippen MR) is 98.4 cm³/mol. The average molecular weight is 363 g/mol. The van der Waals surface area contributed by atoms with Crippen molar-refractivity contribution in [3.05, 3.63) is 58.6 Å². The summed E-state index contributed by atoms with van der Waals surface area (Å²) >= 11 is 8.62. The van der Waals surface area contributed by atoms with Gasteiger partial charge in [-0.05, 0) is 52.7 Å². The van der Waals surface area contributed by atoms with Crippen LogP contribution >= 0.6 is 28.1 Å². The zero-order valence-electron chi connectivity index (χ0n) is 12.1. The molecule has 0 unspecified atom stereocenters. The molecule has 110 valence electrons. The molecule has 2 N–H and O–H groups in total. The number of rotatable bonds is 6. The largest absolute Gasteiger partial charge is 0.389 e. The molecule has 0 spiro atoms. The fourth-order valence-electron chi connectivity index (χ4n) is 2.20. The van der Waals surface area contributed by atoms with Crippen LogP contribution in [-0.4, -0.2) is 11.5 Å². The van der Waals surface area contributed by atoms with Crippen molar-refractivity contribution in [2.45, 2.75) is 19.8 Å². The van der Waals surface area contributed by atoms with E-state index < -0.39 is 0 Å². The summed E-state index contributed by atoms with van der Waals surface area (Å²) in [6.07, 6.45) is 2.30. The molecular formula is C17H19BrN2S. The molecule has 0 saturated heterocycles. The van der Waals surface area contributed by atoms with Crippen LogP contribution in [0.3, 0.4) is 0 Å². The Hall–Kier alpha value is -1.39. The van der Waals surface area contributed by atoms with E-state index in [0.717, 1.165) is 35.1 Å². The van der Waals surface area contributed by atoms with Gasteiger partial charge in [-0.1, -0.05) is 43.8 Å².